The Hall–Kier alpha value is -2.26. The Morgan fingerprint density at radius 1 is 1.21 bits per heavy atom. The number of methoxy groups -OCH3 is 1. The van der Waals surface area contributed by atoms with Gasteiger partial charge in [0.15, 0.2) is 11.6 Å². The number of hydrogen-bond donors (Lipinski definition) is 1. The third-order valence-electron chi connectivity index (χ3n) is 5.00. The lowest BCUT2D eigenvalue weighted by atomic mass is 9.77. The van der Waals surface area contributed by atoms with Crippen molar-refractivity contribution in [3.63, 3.8) is 0 Å². The summed E-state index contributed by atoms with van der Waals surface area (Å²) in [5.74, 6) is -2.75. The smallest absolute Gasteiger partial charge is 0.468 e. The monoisotopic (exact) mass is 394 g/mol. The van der Waals surface area contributed by atoms with Gasteiger partial charge in [-0.15, -0.1) is 0 Å². The fourth-order valence-electron chi connectivity index (χ4n) is 2.58. The van der Waals surface area contributed by atoms with E-state index in [2.05, 4.69) is 9.73 Å². The molecule has 9 heteroatoms. The molecule has 0 radical (unpaired) electrons. The molecule has 0 atom stereocenters. The first-order valence-corrected chi connectivity index (χ1v) is 8.78. The SMILES string of the molecule is COC(=O)CN=C/C(=C(/C)N)c1ccc(B2OC(C)(C)C(C)(C)O2)c(F)c1F. The number of aliphatic imine (C=N–C) groups is 1. The molecule has 0 aromatic heterocycles. The Balaban J connectivity index is 2.38. The first-order chi connectivity index (χ1) is 12.9. The number of ether oxygens (including phenoxy) is 1. The number of benzene rings is 1. The highest BCUT2D eigenvalue weighted by Gasteiger charge is 2.52. The van der Waals surface area contributed by atoms with Crippen LogP contribution in [0, 0.1) is 11.6 Å². The zero-order valence-electron chi connectivity index (χ0n) is 16.9. The van der Waals surface area contributed by atoms with Gasteiger partial charge in [-0.25, -0.2) is 8.78 Å². The van der Waals surface area contributed by atoms with Gasteiger partial charge >= 0.3 is 13.1 Å². The third kappa shape index (κ3) is 4.25. The van der Waals surface area contributed by atoms with Gasteiger partial charge in [0.2, 0.25) is 0 Å². The van der Waals surface area contributed by atoms with Crippen LogP contribution in [0.1, 0.15) is 40.2 Å². The maximum absolute atomic E-state index is 14.8. The third-order valence-corrected chi connectivity index (χ3v) is 5.00. The minimum absolute atomic E-state index is 0.0413. The average Bonchev–Trinajstić information content (AvgIpc) is 2.81. The molecule has 2 N–H and O–H groups in total. The summed E-state index contributed by atoms with van der Waals surface area (Å²) < 4.78 is 45.7. The van der Waals surface area contributed by atoms with Crippen LogP contribution in [0.3, 0.4) is 0 Å². The topological polar surface area (TPSA) is 83.1 Å². The highest BCUT2D eigenvalue weighted by atomic mass is 19.2. The summed E-state index contributed by atoms with van der Waals surface area (Å²) in [5.41, 5.74) is 4.70. The molecule has 0 amide bonds. The van der Waals surface area contributed by atoms with Crippen molar-refractivity contribution in [1.82, 2.24) is 0 Å². The predicted octanol–water partition coefficient (Wildman–Crippen LogP) is 2.20. The van der Waals surface area contributed by atoms with Gasteiger partial charge in [-0.2, -0.15) is 0 Å². The molecule has 28 heavy (non-hydrogen) atoms. The van der Waals surface area contributed by atoms with Crippen LogP contribution in [0.2, 0.25) is 0 Å². The summed E-state index contributed by atoms with van der Waals surface area (Å²) in [5, 5.41) is 0. The van der Waals surface area contributed by atoms with Crippen molar-refractivity contribution in [1.29, 1.82) is 0 Å². The van der Waals surface area contributed by atoms with Crippen LogP contribution in [0.15, 0.2) is 22.8 Å². The molecule has 2 rings (SSSR count). The number of carbonyl (C=O) groups excluding carboxylic acids is 1. The zero-order valence-corrected chi connectivity index (χ0v) is 16.9. The molecule has 6 nitrogen and oxygen atoms in total. The first kappa shape index (κ1) is 22.0. The Bertz CT molecular complexity index is 817. The van der Waals surface area contributed by atoms with Crippen LogP contribution in [0.5, 0.6) is 0 Å². The van der Waals surface area contributed by atoms with E-state index in [9.17, 15) is 13.6 Å². The number of nitrogens with two attached hydrogens (primary N) is 1. The van der Waals surface area contributed by atoms with Crippen LogP contribution in [0.4, 0.5) is 8.78 Å². The second kappa shape index (κ2) is 8.01. The Morgan fingerprint density at radius 2 is 1.79 bits per heavy atom. The van der Waals surface area contributed by atoms with Gasteiger partial charge in [-0.1, -0.05) is 12.1 Å². The van der Waals surface area contributed by atoms with E-state index in [-0.39, 0.29) is 28.8 Å². The van der Waals surface area contributed by atoms with Crippen LogP contribution in [-0.2, 0) is 18.8 Å². The van der Waals surface area contributed by atoms with Crippen molar-refractivity contribution >= 4 is 30.3 Å². The van der Waals surface area contributed by atoms with Gasteiger partial charge in [0.1, 0.15) is 6.54 Å². The predicted molar refractivity (Wildman–Crippen MR) is 104 cm³/mol. The number of carbonyl (C=O) groups is 1. The van der Waals surface area contributed by atoms with Gasteiger partial charge in [-0.05, 0) is 34.6 Å². The van der Waals surface area contributed by atoms with Gasteiger partial charge in [0.25, 0.3) is 0 Å². The number of rotatable bonds is 5. The highest BCUT2D eigenvalue weighted by Crippen LogP contribution is 2.37. The molecule has 0 unspecified atom stereocenters. The summed E-state index contributed by atoms with van der Waals surface area (Å²) in [6.45, 7) is 8.57. The normalized spacial score (nSPS) is 19.1. The van der Waals surface area contributed by atoms with Crippen molar-refractivity contribution in [2.24, 2.45) is 10.7 Å². The number of hydrogen-bond acceptors (Lipinski definition) is 6. The van der Waals surface area contributed by atoms with E-state index >= 15 is 0 Å². The molecule has 1 saturated heterocycles. The summed E-state index contributed by atoms with van der Waals surface area (Å²) in [6.07, 6.45) is 1.22. The molecule has 1 fully saturated rings. The largest absolute Gasteiger partial charge is 0.497 e. The van der Waals surface area contributed by atoms with E-state index in [1.807, 2.05) is 27.7 Å². The number of allylic oxidation sites excluding steroid dienone is 2. The van der Waals surface area contributed by atoms with E-state index < -0.39 is 35.9 Å². The molecule has 0 bridgehead atoms. The molecule has 1 heterocycles. The molecular weight excluding hydrogens is 369 g/mol. The van der Waals surface area contributed by atoms with Crippen molar-refractivity contribution in [2.45, 2.75) is 45.8 Å². The molecule has 0 spiro atoms. The van der Waals surface area contributed by atoms with E-state index in [0.29, 0.717) is 0 Å². The number of halogens is 2. The van der Waals surface area contributed by atoms with Crippen molar-refractivity contribution < 1.29 is 27.6 Å². The van der Waals surface area contributed by atoms with Crippen LogP contribution in [0.25, 0.3) is 5.57 Å². The Labute approximate surface area is 163 Å². The minimum Gasteiger partial charge on any atom is -0.468 e. The van der Waals surface area contributed by atoms with Gasteiger partial charge < -0.3 is 19.8 Å². The lowest BCUT2D eigenvalue weighted by Crippen LogP contribution is -2.41. The summed E-state index contributed by atoms with van der Waals surface area (Å²) in [6, 6.07) is 2.78. The lowest BCUT2D eigenvalue weighted by Gasteiger charge is -2.32. The van der Waals surface area contributed by atoms with Crippen LogP contribution < -0.4 is 11.2 Å². The number of nitrogens with zero attached hydrogens (tertiary/aromatic N) is 1. The first-order valence-electron chi connectivity index (χ1n) is 8.78. The number of esters is 1. The molecule has 152 valence electrons. The average molecular weight is 394 g/mol. The summed E-state index contributed by atoms with van der Waals surface area (Å²) >= 11 is 0. The Kier molecular flexibility index (Phi) is 6.30. The van der Waals surface area contributed by atoms with Crippen molar-refractivity contribution in [3.05, 3.63) is 35.0 Å². The van der Waals surface area contributed by atoms with E-state index in [1.54, 1.807) is 0 Å². The van der Waals surface area contributed by atoms with E-state index in [1.165, 1.54) is 32.4 Å². The van der Waals surface area contributed by atoms with Gasteiger partial charge in [-0.3, -0.25) is 9.79 Å². The van der Waals surface area contributed by atoms with E-state index in [0.717, 1.165) is 0 Å². The summed E-state index contributed by atoms with van der Waals surface area (Å²) in [7, 11) is 0.194. The summed E-state index contributed by atoms with van der Waals surface area (Å²) in [4.78, 5) is 15.0. The van der Waals surface area contributed by atoms with Crippen LogP contribution >= 0.6 is 0 Å². The maximum atomic E-state index is 14.8. The quantitative estimate of drug-likeness (QED) is 0.470. The molecule has 0 aliphatic carbocycles. The molecule has 1 aromatic carbocycles. The van der Waals surface area contributed by atoms with Crippen LogP contribution in [-0.4, -0.2) is 44.2 Å². The fraction of sp³-hybridized carbons (Fsp3) is 0.474. The molecule has 1 aliphatic heterocycles. The Morgan fingerprint density at radius 3 is 2.29 bits per heavy atom. The highest BCUT2D eigenvalue weighted by molar-refractivity contribution is 6.62. The molecule has 0 saturated carbocycles. The maximum Gasteiger partial charge on any atom is 0.497 e. The zero-order chi connectivity index (χ0) is 21.3. The molecule has 1 aliphatic rings. The van der Waals surface area contributed by atoms with Crippen molar-refractivity contribution in [2.75, 3.05) is 13.7 Å². The standard InChI is InChI=1S/C19H25BF2N2O4/c1-11(23)13(9-24-10-15(25)26-6)12-7-8-14(17(22)16(12)21)20-27-18(2,3)19(4,5)28-20/h7-9H,10,23H2,1-6H3/b13-11+,24-9?. The van der Waals surface area contributed by atoms with E-state index in [4.69, 9.17) is 15.0 Å². The lowest BCUT2D eigenvalue weighted by molar-refractivity contribution is -0.138. The van der Waals surface area contributed by atoms with Gasteiger partial charge in [0, 0.05) is 28.5 Å². The van der Waals surface area contributed by atoms with Gasteiger partial charge in [0.05, 0.1) is 18.3 Å². The van der Waals surface area contributed by atoms with Crippen molar-refractivity contribution in [3.8, 4) is 0 Å². The minimum atomic E-state index is -1.10. The molecular formula is C19H25BF2N2O4. The molecule has 1 aromatic rings. The second-order valence-electron chi connectivity index (χ2n) is 7.56. The second-order valence-corrected chi connectivity index (χ2v) is 7.56. The fourth-order valence-corrected chi connectivity index (χ4v) is 2.58.